The highest BCUT2D eigenvalue weighted by molar-refractivity contribution is 6.03. The molecule has 0 aliphatic rings. The molecule has 0 spiro atoms. The molecule has 0 bridgehead atoms. The molecule has 20 heavy (non-hydrogen) atoms. The van der Waals surface area contributed by atoms with Gasteiger partial charge < -0.3 is 0 Å². The number of rotatable bonds is 3. The lowest BCUT2D eigenvalue weighted by Crippen LogP contribution is -2.13. The predicted molar refractivity (Wildman–Crippen MR) is 70.2 cm³/mol. The van der Waals surface area contributed by atoms with E-state index < -0.39 is 23.3 Å². The molecule has 4 heteroatoms. The van der Waals surface area contributed by atoms with E-state index in [2.05, 4.69) is 0 Å². The number of nitrogens with zero attached hydrogens (tertiary/aromatic N) is 1. The first kappa shape index (κ1) is 13.9. The number of carbonyl (C=O) groups is 1. The molecule has 100 valence electrons. The summed E-state index contributed by atoms with van der Waals surface area (Å²) in [5, 5.41) is 9.15. The number of aryl methyl sites for hydroxylation is 1. The molecular formula is C16H11F2NO. The summed E-state index contributed by atoms with van der Waals surface area (Å²) in [6.45, 7) is 1.73. The average molecular weight is 271 g/mol. The Morgan fingerprint density at radius 1 is 1.15 bits per heavy atom. The maximum Gasteiger partial charge on any atom is 0.187 e. The van der Waals surface area contributed by atoms with Gasteiger partial charge in [-0.2, -0.15) is 5.26 Å². The Kier molecular flexibility index (Phi) is 3.90. The van der Waals surface area contributed by atoms with Crippen LogP contribution in [0.1, 0.15) is 27.4 Å². The van der Waals surface area contributed by atoms with Crippen LogP contribution in [0.3, 0.4) is 0 Å². The summed E-state index contributed by atoms with van der Waals surface area (Å²) in [6.07, 6.45) is 0. The highest BCUT2D eigenvalue weighted by atomic mass is 19.1. The largest absolute Gasteiger partial charge is 0.292 e. The Bertz CT molecular complexity index is 687. The van der Waals surface area contributed by atoms with Crippen LogP contribution in [0.4, 0.5) is 8.78 Å². The van der Waals surface area contributed by atoms with Crippen LogP contribution in [-0.2, 0) is 0 Å². The van der Waals surface area contributed by atoms with E-state index in [-0.39, 0.29) is 5.56 Å². The van der Waals surface area contributed by atoms with Crippen LogP contribution < -0.4 is 0 Å². The van der Waals surface area contributed by atoms with Crippen molar-refractivity contribution in [3.63, 3.8) is 0 Å². The van der Waals surface area contributed by atoms with Crippen molar-refractivity contribution in [2.75, 3.05) is 0 Å². The standard InChI is InChI=1S/C16H11F2NO/c1-10-2-7-15(18)13(8-10)16(20)14(9-19)11-3-5-12(17)6-4-11/h2-8,14H,1H3. The fraction of sp³-hybridized carbons (Fsp3) is 0.125. The zero-order chi connectivity index (χ0) is 14.7. The van der Waals surface area contributed by atoms with E-state index in [1.165, 1.54) is 36.4 Å². The van der Waals surface area contributed by atoms with Crippen molar-refractivity contribution in [2.45, 2.75) is 12.8 Å². The Morgan fingerprint density at radius 3 is 2.40 bits per heavy atom. The van der Waals surface area contributed by atoms with Crippen molar-refractivity contribution in [3.05, 3.63) is 70.8 Å². The number of hydrogen-bond donors (Lipinski definition) is 0. The number of Topliss-reactive ketones (excluding diaryl/α,β-unsaturated/α-hetero) is 1. The van der Waals surface area contributed by atoms with Gasteiger partial charge in [-0.3, -0.25) is 4.79 Å². The first-order chi connectivity index (χ1) is 9.52. The van der Waals surface area contributed by atoms with Gasteiger partial charge in [0.2, 0.25) is 0 Å². The molecule has 0 aromatic heterocycles. The summed E-state index contributed by atoms with van der Waals surface area (Å²) < 4.78 is 26.6. The van der Waals surface area contributed by atoms with Gasteiger partial charge in [0.15, 0.2) is 5.78 Å². The normalized spacial score (nSPS) is 11.7. The van der Waals surface area contributed by atoms with E-state index in [1.54, 1.807) is 13.0 Å². The quantitative estimate of drug-likeness (QED) is 0.797. The van der Waals surface area contributed by atoms with Crippen molar-refractivity contribution in [1.82, 2.24) is 0 Å². The molecule has 2 aromatic carbocycles. The third kappa shape index (κ3) is 2.72. The van der Waals surface area contributed by atoms with Gasteiger partial charge in [0.1, 0.15) is 17.6 Å². The molecule has 1 atom stereocenters. The second kappa shape index (κ2) is 5.62. The van der Waals surface area contributed by atoms with Crippen LogP contribution in [0.2, 0.25) is 0 Å². The lowest BCUT2D eigenvalue weighted by atomic mass is 9.91. The second-order valence-corrected chi connectivity index (χ2v) is 4.46. The van der Waals surface area contributed by atoms with E-state index in [4.69, 9.17) is 5.26 Å². The topological polar surface area (TPSA) is 40.9 Å². The first-order valence-corrected chi connectivity index (χ1v) is 5.98. The van der Waals surface area contributed by atoms with Crippen LogP contribution in [0.15, 0.2) is 42.5 Å². The third-order valence-electron chi connectivity index (χ3n) is 2.98. The van der Waals surface area contributed by atoms with Gasteiger partial charge in [-0.1, -0.05) is 23.8 Å². The average Bonchev–Trinajstić information content (AvgIpc) is 2.44. The molecule has 0 fully saturated rings. The van der Waals surface area contributed by atoms with E-state index in [1.807, 2.05) is 6.07 Å². The predicted octanol–water partition coefficient (Wildman–Crippen LogP) is 3.76. The number of halogens is 2. The van der Waals surface area contributed by atoms with Gasteiger partial charge in [-0.05, 0) is 36.8 Å². The molecule has 0 radical (unpaired) electrons. The summed E-state index contributed by atoms with van der Waals surface area (Å²) in [6, 6.07) is 11.0. The zero-order valence-electron chi connectivity index (χ0n) is 10.7. The molecular weight excluding hydrogens is 260 g/mol. The third-order valence-corrected chi connectivity index (χ3v) is 2.98. The molecule has 2 nitrogen and oxygen atoms in total. The van der Waals surface area contributed by atoms with Crippen LogP contribution in [0.25, 0.3) is 0 Å². The fourth-order valence-corrected chi connectivity index (χ4v) is 1.92. The van der Waals surface area contributed by atoms with Crippen LogP contribution in [0, 0.1) is 29.9 Å². The number of carbonyl (C=O) groups excluding carboxylic acids is 1. The van der Waals surface area contributed by atoms with Crippen LogP contribution >= 0.6 is 0 Å². The number of hydrogen-bond acceptors (Lipinski definition) is 2. The Morgan fingerprint density at radius 2 is 1.80 bits per heavy atom. The fourth-order valence-electron chi connectivity index (χ4n) is 1.92. The van der Waals surface area contributed by atoms with Crippen molar-refractivity contribution in [1.29, 1.82) is 5.26 Å². The molecule has 2 aromatic rings. The minimum atomic E-state index is -1.15. The lowest BCUT2D eigenvalue weighted by Gasteiger charge is -2.10. The summed E-state index contributed by atoms with van der Waals surface area (Å²) in [5.74, 6) is -2.89. The highest BCUT2D eigenvalue weighted by Crippen LogP contribution is 2.23. The SMILES string of the molecule is Cc1ccc(F)c(C(=O)C(C#N)c2ccc(F)cc2)c1. The molecule has 0 heterocycles. The summed E-state index contributed by atoms with van der Waals surface area (Å²) in [5.41, 5.74) is 0.950. The Balaban J connectivity index is 2.42. The number of ketones is 1. The van der Waals surface area contributed by atoms with Crippen LogP contribution in [0.5, 0.6) is 0 Å². The molecule has 0 saturated carbocycles. The minimum absolute atomic E-state index is 0.124. The van der Waals surface area contributed by atoms with E-state index in [0.717, 1.165) is 5.56 Å². The Hall–Kier alpha value is -2.54. The molecule has 0 amide bonds. The monoisotopic (exact) mass is 271 g/mol. The van der Waals surface area contributed by atoms with Gasteiger partial charge in [-0.25, -0.2) is 8.78 Å². The molecule has 0 saturated heterocycles. The van der Waals surface area contributed by atoms with E-state index in [0.29, 0.717) is 5.56 Å². The number of benzene rings is 2. The maximum absolute atomic E-state index is 13.7. The first-order valence-electron chi connectivity index (χ1n) is 5.98. The van der Waals surface area contributed by atoms with Gasteiger partial charge in [-0.15, -0.1) is 0 Å². The molecule has 0 aliphatic heterocycles. The lowest BCUT2D eigenvalue weighted by molar-refractivity contribution is 0.0975. The van der Waals surface area contributed by atoms with Gasteiger partial charge in [0.05, 0.1) is 11.6 Å². The van der Waals surface area contributed by atoms with Crippen molar-refractivity contribution < 1.29 is 13.6 Å². The van der Waals surface area contributed by atoms with Crippen LogP contribution in [-0.4, -0.2) is 5.78 Å². The maximum atomic E-state index is 13.7. The highest BCUT2D eigenvalue weighted by Gasteiger charge is 2.24. The van der Waals surface area contributed by atoms with Crippen molar-refractivity contribution >= 4 is 5.78 Å². The summed E-state index contributed by atoms with van der Waals surface area (Å²) >= 11 is 0. The van der Waals surface area contributed by atoms with Crippen molar-refractivity contribution in [3.8, 4) is 6.07 Å². The van der Waals surface area contributed by atoms with Gasteiger partial charge in [0.25, 0.3) is 0 Å². The smallest absolute Gasteiger partial charge is 0.187 e. The molecule has 0 N–H and O–H groups in total. The van der Waals surface area contributed by atoms with Crippen molar-refractivity contribution in [2.24, 2.45) is 0 Å². The van der Waals surface area contributed by atoms with E-state index in [9.17, 15) is 13.6 Å². The second-order valence-electron chi connectivity index (χ2n) is 4.46. The molecule has 0 aliphatic carbocycles. The van der Waals surface area contributed by atoms with Gasteiger partial charge >= 0.3 is 0 Å². The zero-order valence-corrected chi connectivity index (χ0v) is 10.7. The summed E-state index contributed by atoms with van der Waals surface area (Å²) in [4.78, 5) is 12.3. The molecule has 2 rings (SSSR count). The number of nitriles is 1. The van der Waals surface area contributed by atoms with E-state index >= 15 is 0 Å². The summed E-state index contributed by atoms with van der Waals surface area (Å²) in [7, 11) is 0. The minimum Gasteiger partial charge on any atom is -0.292 e. The van der Waals surface area contributed by atoms with Gasteiger partial charge in [0, 0.05) is 0 Å². The Labute approximate surface area is 115 Å². The molecule has 1 unspecified atom stereocenters.